The van der Waals surface area contributed by atoms with Crippen molar-refractivity contribution < 1.29 is 19.4 Å². The Kier molecular flexibility index (Phi) is 5.06. The number of carbonyl (C=O) groups excluding carboxylic acids is 1. The predicted octanol–water partition coefficient (Wildman–Crippen LogP) is 1.99. The summed E-state index contributed by atoms with van der Waals surface area (Å²) in [4.78, 5) is 21.4. The summed E-state index contributed by atoms with van der Waals surface area (Å²) in [5.41, 5.74) is 0.532. The van der Waals surface area contributed by atoms with Gasteiger partial charge in [0.2, 0.25) is 6.41 Å². The van der Waals surface area contributed by atoms with Crippen molar-refractivity contribution in [2.24, 2.45) is 0 Å². The zero-order chi connectivity index (χ0) is 14.5. The summed E-state index contributed by atoms with van der Waals surface area (Å²) in [6.45, 7) is 6.01. The van der Waals surface area contributed by atoms with Gasteiger partial charge in [-0.05, 0) is 38.5 Å². The lowest BCUT2D eigenvalue weighted by molar-refractivity contribution is -0.111. The number of hydrogen-bond acceptors (Lipinski definition) is 3. The van der Waals surface area contributed by atoms with E-state index in [9.17, 15) is 9.59 Å². The number of carbonyl (C=O) groups is 2. The summed E-state index contributed by atoms with van der Waals surface area (Å²) in [5, 5.41) is 11.6. The van der Waals surface area contributed by atoms with Crippen molar-refractivity contribution in [3.8, 4) is 0 Å². The van der Waals surface area contributed by atoms with Crippen LogP contribution in [-0.2, 0) is 9.53 Å². The highest BCUT2D eigenvalue weighted by atomic mass is 16.5. The Balaban J connectivity index is 2.98. The summed E-state index contributed by atoms with van der Waals surface area (Å²) in [6, 6.07) is 6.53. The molecule has 5 heteroatoms. The zero-order valence-corrected chi connectivity index (χ0v) is 11.3. The lowest BCUT2D eigenvalue weighted by Gasteiger charge is -2.28. The fraction of sp³-hybridized carbons (Fsp3) is 0.429. The van der Waals surface area contributed by atoms with E-state index in [1.54, 1.807) is 18.2 Å². The first-order chi connectivity index (χ1) is 8.83. The third kappa shape index (κ3) is 5.09. The molecule has 0 aliphatic rings. The van der Waals surface area contributed by atoms with Gasteiger partial charge in [-0.1, -0.05) is 12.1 Å². The Bertz CT molecular complexity index is 451. The van der Waals surface area contributed by atoms with Crippen molar-refractivity contribution in [1.82, 2.24) is 5.32 Å². The van der Waals surface area contributed by atoms with E-state index in [4.69, 9.17) is 9.84 Å². The molecule has 19 heavy (non-hydrogen) atoms. The molecule has 1 atom stereocenters. The van der Waals surface area contributed by atoms with E-state index < -0.39 is 11.6 Å². The maximum atomic E-state index is 11.0. The molecule has 0 aromatic heterocycles. The van der Waals surface area contributed by atoms with Crippen LogP contribution in [0.2, 0.25) is 0 Å². The Morgan fingerprint density at radius 1 is 1.47 bits per heavy atom. The molecule has 1 aromatic carbocycles. The van der Waals surface area contributed by atoms with Crippen molar-refractivity contribution in [3.63, 3.8) is 0 Å². The molecule has 0 spiro atoms. The van der Waals surface area contributed by atoms with Gasteiger partial charge in [0.25, 0.3) is 0 Å². The van der Waals surface area contributed by atoms with E-state index >= 15 is 0 Å². The molecule has 1 rings (SSSR count). The van der Waals surface area contributed by atoms with Gasteiger partial charge in [0, 0.05) is 6.54 Å². The monoisotopic (exact) mass is 265 g/mol. The van der Waals surface area contributed by atoms with Crippen LogP contribution in [0, 0.1) is 0 Å². The summed E-state index contributed by atoms with van der Waals surface area (Å²) in [5.74, 6) is -0.986. The van der Waals surface area contributed by atoms with Gasteiger partial charge < -0.3 is 15.2 Å². The molecular weight excluding hydrogens is 246 g/mol. The standard InChI is InChI=1S/C14H19NO4/c1-14(2,3)19-12(8-15-9-16)10-5-4-6-11(7-10)13(17)18/h4-7,9,12H,8H2,1-3H3,(H,15,16)(H,17,18). The normalized spacial score (nSPS) is 12.8. The fourth-order valence-electron chi connectivity index (χ4n) is 1.68. The number of aromatic carboxylic acids is 1. The first-order valence-electron chi connectivity index (χ1n) is 6.01. The number of amides is 1. The largest absolute Gasteiger partial charge is 0.478 e. The second-order valence-electron chi connectivity index (χ2n) is 5.18. The maximum absolute atomic E-state index is 11.0. The number of nitrogens with one attached hydrogen (secondary N) is 1. The van der Waals surface area contributed by atoms with Crippen LogP contribution in [0.1, 0.15) is 42.8 Å². The van der Waals surface area contributed by atoms with Gasteiger partial charge in [0.05, 0.1) is 11.2 Å². The van der Waals surface area contributed by atoms with E-state index in [2.05, 4.69) is 5.32 Å². The van der Waals surface area contributed by atoms with Crippen LogP contribution in [0.4, 0.5) is 0 Å². The number of benzene rings is 1. The number of carboxylic acids is 1. The summed E-state index contributed by atoms with van der Waals surface area (Å²) >= 11 is 0. The van der Waals surface area contributed by atoms with Gasteiger partial charge in [0.15, 0.2) is 0 Å². The molecule has 0 fully saturated rings. The van der Waals surface area contributed by atoms with Gasteiger partial charge in [0.1, 0.15) is 6.10 Å². The third-order valence-corrected chi connectivity index (χ3v) is 2.39. The number of rotatable bonds is 6. The molecule has 0 bridgehead atoms. The Labute approximate surface area is 112 Å². The molecule has 2 N–H and O–H groups in total. The van der Waals surface area contributed by atoms with Crippen molar-refractivity contribution >= 4 is 12.4 Å². The Hall–Kier alpha value is -1.88. The average Bonchev–Trinajstić information content (AvgIpc) is 2.33. The molecule has 1 unspecified atom stereocenters. The zero-order valence-electron chi connectivity index (χ0n) is 11.3. The van der Waals surface area contributed by atoms with Crippen LogP contribution in [-0.4, -0.2) is 29.6 Å². The molecule has 0 radical (unpaired) electrons. The number of ether oxygens (including phenoxy) is 1. The van der Waals surface area contributed by atoms with Gasteiger partial charge in [-0.15, -0.1) is 0 Å². The summed E-state index contributed by atoms with van der Waals surface area (Å²) in [6.07, 6.45) is 0.213. The second kappa shape index (κ2) is 6.33. The molecule has 0 saturated carbocycles. The van der Waals surface area contributed by atoms with E-state index in [-0.39, 0.29) is 11.7 Å². The van der Waals surface area contributed by atoms with Crippen molar-refractivity contribution in [2.75, 3.05) is 6.54 Å². The number of carboxylic acid groups (broad SMARTS) is 1. The highest BCUT2D eigenvalue weighted by molar-refractivity contribution is 5.87. The van der Waals surface area contributed by atoms with E-state index in [0.717, 1.165) is 5.56 Å². The van der Waals surface area contributed by atoms with Gasteiger partial charge in [-0.3, -0.25) is 4.79 Å². The molecule has 1 aromatic rings. The molecular formula is C14H19NO4. The smallest absolute Gasteiger partial charge is 0.335 e. The predicted molar refractivity (Wildman–Crippen MR) is 71.0 cm³/mol. The molecule has 0 heterocycles. The molecule has 0 saturated heterocycles. The summed E-state index contributed by atoms with van der Waals surface area (Å²) in [7, 11) is 0. The van der Waals surface area contributed by atoms with Gasteiger partial charge >= 0.3 is 5.97 Å². The van der Waals surface area contributed by atoms with Crippen LogP contribution in [0.3, 0.4) is 0 Å². The molecule has 0 aliphatic heterocycles. The second-order valence-corrected chi connectivity index (χ2v) is 5.18. The molecule has 0 aliphatic carbocycles. The molecule has 5 nitrogen and oxygen atoms in total. The van der Waals surface area contributed by atoms with Crippen LogP contribution < -0.4 is 5.32 Å². The quantitative estimate of drug-likeness (QED) is 0.771. The van der Waals surface area contributed by atoms with Gasteiger partial charge in [-0.2, -0.15) is 0 Å². The first kappa shape index (κ1) is 15.2. The highest BCUT2D eigenvalue weighted by Crippen LogP contribution is 2.24. The van der Waals surface area contributed by atoms with E-state index in [0.29, 0.717) is 13.0 Å². The van der Waals surface area contributed by atoms with Crippen molar-refractivity contribution in [2.45, 2.75) is 32.5 Å². The SMILES string of the molecule is CC(C)(C)OC(CNC=O)c1cccc(C(=O)O)c1. The lowest BCUT2D eigenvalue weighted by atomic mass is 10.0. The maximum Gasteiger partial charge on any atom is 0.335 e. The first-order valence-corrected chi connectivity index (χ1v) is 6.01. The minimum atomic E-state index is -0.986. The minimum absolute atomic E-state index is 0.200. The fourth-order valence-corrected chi connectivity index (χ4v) is 1.68. The van der Waals surface area contributed by atoms with Crippen molar-refractivity contribution in [3.05, 3.63) is 35.4 Å². The Morgan fingerprint density at radius 2 is 2.16 bits per heavy atom. The van der Waals surface area contributed by atoms with Crippen LogP contribution >= 0.6 is 0 Å². The molecule has 1 amide bonds. The lowest BCUT2D eigenvalue weighted by Crippen LogP contribution is -2.29. The number of hydrogen-bond donors (Lipinski definition) is 2. The average molecular weight is 265 g/mol. The highest BCUT2D eigenvalue weighted by Gasteiger charge is 2.21. The topological polar surface area (TPSA) is 75.6 Å². The van der Waals surface area contributed by atoms with Crippen LogP contribution in [0.25, 0.3) is 0 Å². The van der Waals surface area contributed by atoms with Crippen molar-refractivity contribution in [1.29, 1.82) is 0 Å². The van der Waals surface area contributed by atoms with E-state index in [1.807, 2.05) is 20.8 Å². The van der Waals surface area contributed by atoms with Gasteiger partial charge in [-0.25, -0.2) is 4.79 Å². The van der Waals surface area contributed by atoms with Crippen LogP contribution in [0.5, 0.6) is 0 Å². The third-order valence-electron chi connectivity index (χ3n) is 2.39. The van der Waals surface area contributed by atoms with Crippen LogP contribution in [0.15, 0.2) is 24.3 Å². The minimum Gasteiger partial charge on any atom is -0.478 e. The molecule has 104 valence electrons. The van der Waals surface area contributed by atoms with E-state index in [1.165, 1.54) is 6.07 Å². The Morgan fingerprint density at radius 3 is 2.68 bits per heavy atom. The summed E-state index contributed by atoms with van der Waals surface area (Å²) < 4.78 is 5.85.